The van der Waals surface area contributed by atoms with E-state index in [1.54, 1.807) is 11.9 Å². The fourth-order valence-electron chi connectivity index (χ4n) is 4.77. The molecule has 2 aliphatic heterocycles. The number of carbonyl (C=O) groups excluding carboxylic acids is 1. The van der Waals surface area contributed by atoms with Gasteiger partial charge in [0.25, 0.3) is 0 Å². The summed E-state index contributed by atoms with van der Waals surface area (Å²) in [6.07, 6.45) is 4.22. The van der Waals surface area contributed by atoms with Crippen molar-refractivity contribution < 1.29 is 4.79 Å². The van der Waals surface area contributed by atoms with Gasteiger partial charge in [-0.2, -0.15) is 5.26 Å². The summed E-state index contributed by atoms with van der Waals surface area (Å²) in [7, 11) is 3.83. The van der Waals surface area contributed by atoms with Crippen LogP contribution in [0.1, 0.15) is 35.6 Å². The monoisotopic (exact) mass is 374 g/mol. The first-order valence-corrected chi connectivity index (χ1v) is 9.90. The van der Waals surface area contributed by atoms with Crippen LogP contribution in [0, 0.1) is 17.4 Å². The lowest BCUT2D eigenvalue weighted by Crippen LogP contribution is -2.43. The number of nitrogens with zero attached hydrogens (tertiary/aromatic N) is 3. The molecule has 5 nitrogen and oxygen atoms in total. The first-order valence-electron chi connectivity index (χ1n) is 9.90. The summed E-state index contributed by atoms with van der Waals surface area (Å²) in [4.78, 5) is 16.7. The van der Waals surface area contributed by atoms with Gasteiger partial charge in [0.1, 0.15) is 0 Å². The molecule has 2 aromatic carbocycles. The highest BCUT2D eigenvalue weighted by atomic mass is 16.1. The van der Waals surface area contributed by atoms with Crippen LogP contribution >= 0.6 is 0 Å². The molecule has 0 bridgehead atoms. The molecular weight excluding hydrogens is 348 g/mol. The number of likely N-dealkylation sites (tertiary alicyclic amines) is 1. The molecule has 5 heteroatoms. The average Bonchev–Trinajstić information content (AvgIpc) is 3.16. The van der Waals surface area contributed by atoms with Crippen molar-refractivity contribution in [2.75, 3.05) is 20.6 Å². The Kier molecular flexibility index (Phi) is 5.06. The van der Waals surface area contributed by atoms with E-state index in [-0.39, 0.29) is 17.9 Å². The maximum Gasteiger partial charge on any atom is 0.224 e. The minimum absolute atomic E-state index is 0.0533. The molecular formula is C23H26N4O. The highest BCUT2D eigenvalue weighted by Crippen LogP contribution is 2.40. The van der Waals surface area contributed by atoms with Crippen LogP contribution < -0.4 is 5.32 Å². The average molecular weight is 374 g/mol. The number of rotatable bonds is 3. The van der Waals surface area contributed by atoms with Crippen molar-refractivity contribution in [2.45, 2.75) is 32.0 Å². The molecule has 2 aliphatic rings. The van der Waals surface area contributed by atoms with Crippen LogP contribution in [0.3, 0.4) is 0 Å². The zero-order valence-electron chi connectivity index (χ0n) is 16.5. The highest BCUT2D eigenvalue weighted by Gasteiger charge is 2.36. The molecule has 1 fully saturated rings. The Labute approximate surface area is 166 Å². The molecule has 2 heterocycles. The summed E-state index contributed by atoms with van der Waals surface area (Å²) in [5.74, 6) is 0.0517. The zero-order chi connectivity index (χ0) is 19.7. The Balaban J connectivity index is 1.84. The Morgan fingerprint density at radius 3 is 2.71 bits per heavy atom. The molecule has 1 N–H and O–H groups in total. The van der Waals surface area contributed by atoms with Crippen LogP contribution in [0.4, 0.5) is 0 Å². The van der Waals surface area contributed by atoms with Crippen molar-refractivity contribution in [1.82, 2.24) is 15.1 Å². The van der Waals surface area contributed by atoms with Crippen molar-refractivity contribution in [1.29, 1.82) is 5.26 Å². The number of hydrogen-bond donors (Lipinski definition) is 1. The SMILES string of the molecule is CNC(=O)C1CCCN(C)C1c1cc2c(c(-c3ccccc3)c1)CN(C#N)C2. The van der Waals surface area contributed by atoms with Gasteiger partial charge >= 0.3 is 0 Å². The molecule has 0 radical (unpaired) electrons. The van der Waals surface area contributed by atoms with Crippen molar-refractivity contribution in [2.24, 2.45) is 5.92 Å². The van der Waals surface area contributed by atoms with Crippen LogP contribution in [0.5, 0.6) is 0 Å². The summed E-state index contributed by atoms with van der Waals surface area (Å²) in [6.45, 7) is 2.27. The fourth-order valence-corrected chi connectivity index (χ4v) is 4.77. The number of nitriles is 1. The lowest BCUT2D eigenvalue weighted by molar-refractivity contribution is -0.128. The lowest BCUT2D eigenvalue weighted by Gasteiger charge is -2.39. The second kappa shape index (κ2) is 7.65. The van der Waals surface area contributed by atoms with Crippen molar-refractivity contribution in [3.63, 3.8) is 0 Å². The number of carbonyl (C=O) groups is 1. The molecule has 0 aliphatic carbocycles. The second-order valence-electron chi connectivity index (χ2n) is 7.82. The van der Waals surface area contributed by atoms with Gasteiger partial charge in [-0.1, -0.05) is 36.4 Å². The van der Waals surface area contributed by atoms with Crippen molar-refractivity contribution in [3.8, 4) is 17.3 Å². The first-order chi connectivity index (χ1) is 13.6. The van der Waals surface area contributed by atoms with E-state index in [1.165, 1.54) is 22.3 Å². The van der Waals surface area contributed by atoms with Gasteiger partial charge < -0.3 is 10.2 Å². The van der Waals surface area contributed by atoms with Crippen LogP contribution in [-0.2, 0) is 17.9 Å². The fraction of sp³-hybridized carbons (Fsp3) is 0.391. The zero-order valence-corrected chi connectivity index (χ0v) is 16.5. The minimum atomic E-state index is -0.0566. The topological polar surface area (TPSA) is 59.4 Å². The van der Waals surface area contributed by atoms with E-state index in [0.29, 0.717) is 13.1 Å². The number of benzene rings is 2. The van der Waals surface area contributed by atoms with E-state index in [9.17, 15) is 10.1 Å². The molecule has 4 rings (SSSR count). The van der Waals surface area contributed by atoms with E-state index in [4.69, 9.17) is 0 Å². The van der Waals surface area contributed by atoms with Gasteiger partial charge in [0.2, 0.25) is 5.91 Å². The van der Waals surface area contributed by atoms with Crippen molar-refractivity contribution in [3.05, 3.63) is 59.2 Å². The van der Waals surface area contributed by atoms with Gasteiger partial charge in [-0.3, -0.25) is 9.69 Å². The predicted octanol–water partition coefficient (Wildman–Crippen LogP) is 3.28. The standard InChI is InChI=1S/C23H26N4O/c1-25-23(28)19-9-6-10-26(2)22(19)17-11-18-13-27(15-24)14-21(18)20(12-17)16-7-4-3-5-8-16/h3-5,7-8,11-12,19,22H,6,9-10,13-14H2,1-2H3,(H,25,28). The van der Waals surface area contributed by atoms with Gasteiger partial charge in [-0.25, -0.2) is 0 Å². The lowest BCUT2D eigenvalue weighted by atomic mass is 9.82. The van der Waals surface area contributed by atoms with Gasteiger partial charge in [0, 0.05) is 13.1 Å². The Morgan fingerprint density at radius 1 is 1.21 bits per heavy atom. The Morgan fingerprint density at radius 2 is 2.00 bits per heavy atom. The maximum absolute atomic E-state index is 12.6. The number of nitrogens with one attached hydrogen (secondary N) is 1. The smallest absolute Gasteiger partial charge is 0.224 e. The molecule has 2 atom stereocenters. The minimum Gasteiger partial charge on any atom is -0.359 e. The third-order valence-electron chi connectivity index (χ3n) is 6.11. The maximum atomic E-state index is 12.6. The third kappa shape index (κ3) is 3.25. The number of fused-ring (bicyclic) bond motifs is 1. The van der Waals surface area contributed by atoms with E-state index in [1.807, 2.05) is 18.2 Å². The summed E-state index contributed by atoms with van der Waals surface area (Å²) >= 11 is 0. The first kappa shape index (κ1) is 18.5. The van der Waals surface area contributed by atoms with E-state index < -0.39 is 0 Å². The van der Waals surface area contributed by atoms with Gasteiger partial charge in [-0.15, -0.1) is 0 Å². The molecule has 28 heavy (non-hydrogen) atoms. The normalized spacial score (nSPS) is 21.8. The molecule has 144 valence electrons. The van der Waals surface area contributed by atoms with E-state index in [0.717, 1.165) is 24.9 Å². The van der Waals surface area contributed by atoms with Crippen LogP contribution in [0.2, 0.25) is 0 Å². The number of piperidine rings is 1. The molecule has 0 saturated carbocycles. The molecule has 0 aromatic heterocycles. The second-order valence-corrected chi connectivity index (χ2v) is 7.82. The number of hydrogen-bond acceptors (Lipinski definition) is 4. The molecule has 2 unspecified atom stereocenters. The van der Waals surface area contributed by atoms with Crippen molar-refractivity contribution >= 4 is 5.91 Å². The largest absolute Gasteiger partial charge is 0.359 e. The van der Waals surface area contributed by atoms with Crippen LogP contribution in [0.25, 0.3) is 11.1 Å². The van der Waals surface area contributed by atoms with Gasteiger partial charge in [0.05, 0.1) is 19.0 Å². The predicted molar refractivity (Wildman–Crippen MR) is 109 cm³/mol. The quantitative estimate of drug-likeness (QED) is 0.838. The molecule has 0 spiro atoms. The molecule has 1 amide bonds. The Hall–Kier alpha value is -2.84. The molecule has 2 aromatic rings. The highest BCUT2D eigenvalue weighted by molar-refractivity contribution is 5.80. The van der Waals surface area contributed by atoms with Crippen LogP contribution in [0.15, 0.2) is 42.5 Å². The third-order valence-corrected chi connectivity index (χ3v) is 6.11. The Bertz CT molecular complexity index is 918. The molecule has 1 saturated heterocycles. The summed E-state index contributed by atoms with van der Waals surface area (Å²) in [5, 5.41) is 12.3. The van der Waals surface area contributed by atoms with E-state index in [2.05, 4.69) is 47.7 Å². The summed E-state index contributed by atoms with van der Waals surface area (Å²) in [5.41, 5.74) is 5.95. The van der Waals surface area contributed by atoms with Crippen LogP contribution in [-0.4, -0.2) is 36.3 Å². The summed E-state index contributed by atoms with van der Waals surface area (Å²) in [6, 6.07) is 14.9. The summed E-state index contributed by atoms with van der Waals surface area (Å²) < 4.78 is 0. The van der Waals surface area contributed by atoms with Gasteiger partial charge in [0.15, 0.2) is 6.19 Å². The van der Waals surface area contributed by atoms with E-state index >= 15 is 0 Å². The van der Waals surface area contributed by atoms with Gasteiger partial charge in [-0.05, 0) is 60.3 Å². The number of amides is 1.